The summed E-state index contributed by atoms with van der Waals surface area (Å²) in [7, 11) is -1.48. The maximum Gasteiger partial charge on any atom is 0.0972 e. The van der Waals surface area contributed by atoms with Crippen LogP contribution < -0.4 is 5.19 Å². The Labute approximate surface area is 119 Å². The average molecular weight is 270 g/mol. The largest absolute Gasteiger partial charge is 0.0972 e. The van der Waals surface area contributed by atoms with E-state index in [1.165, 1.54) is 17.7 Å². The molecule has 0 aliphatic heterocycles. The van der Waals surface area contributed by atoms with Crippen molar-refractivity contribution in [2.24, 2.45) is 0 Å². The van der Waals surface area contributed by atoms with Crippen molar-refractivity contribution in [1.82, 2.24) is 0 Å². The summed E-state index contributed by atoms with van der Waals surface area (Å²) < 4.78 is 0. The molecule has 2 rings (SSSR count). The first-order valence-corrected chi connectivity index (χ1v) is 9.97. The standard InChI is InChI=1S/C18H26Si/c1-6-19(7-2,17-11-9-8-10-12-17)18-15(4)13-14(3)16(18)5/h8-13,18H,6-7H2,1-5H3. The fourth-order valence-electron chi connectivity index (χ4n) is 3.96. The zero-order chi connectivity index (χ0) is 14.0. The molecule has 1 aliphatic carbocycles. The molecule has 0 bridgehead atoms. The zero-order valence-electron chi connectivity index (χ0n) is 13.0. The van der Waals surface area contributed by atoms with Gasteiger partial charge in [0.15, 0.2) is 0 Å². The highest BCUT2D eigenvalue weighted by Crippen LogP contribution is 2.45. The zero-order valence-corrected chi connectivity index (χ0v) is 14.0. The molecule has 0 heterocycles. The molecule has 0 spiro atoms. The number of allylic oxidation sites excluding steroid dienone is 4. The minimum absolute atomic E-state index is 0.713. The Balaban J connectivity index is 2.56. The molecule has 1 aromatic rings. The summed E-state index contributed by atoms with van der Waals surface area (Å²) in [6.45, 7) is 11.8. The van der Waals surface area contributed by atoms with Crippen LogP contribution in [-0.2, 0) is 0 Å². The number of rotatable bonds is 4. The molecular formula is C18H26Si. The van der Waals surface area contributed by atoms with Crippen LogP contribution in [0.5, 0.6) is 0 Å². The molecule has 19 heavy (non-hydrogen) atoms. The highest BCUT2D eigenvalue weighted by molar-refractivity contribution is 6.94. The number of benzene rings is 1. The third kappa shape index (κ3) is 2.25. The van der Waals surface area contributed by atoms with Crippen LogP contribution in [-0.4, -0.2) is 8.07 Å². The summed E-state index contributed by atoms with van der Waals surface area (Å²) in [6.07, 6.45) is 2.41. The maximum atomic E-state index is 2.41. The van der Waals surface area contributed by atoms with Gasteiger partial charge in [-0.05, 0) is 20.8 Å². The van der Waals surface area contributed by atoms with Crippen molar-refractivity contribution in [2.45, 2.75) is 52.2 Å². The molecule has 0 saturated heterocycles. The van der Waals surface area contributed by atoms with E-state index in [9.17, 15) is 0 Å². The summed E-state index contributed by atoms with van der Waals surface area (Å²) in [4.78, 5) is 0. The van der Waals surface area contributed by atoms with Gasteiger partial charge in [0.25, 0.3) is 0 Å². The quantitative estimate of drug-likeness (QED) is 0.672. The van der Waals surface area contributed by atoms with Crippen molar-refractivity contribution in [3.8, 4) is 0 Å². The molecule has 102 valence electrons. The van der Waals surface area contributed by atoms with E-state index in [0.29, 0.717) is 5.54 Å². The maximum absolute atomic E-state index is 2.41. The Morgan fingerprint density at radius 1 is 0.947 bits per heavy atom. The Morgan fingerprint density at radius 2 is 1.53 bits per heavy atom. The van der Waals surface area contributed by atoms with Gasteiger partial charge in [-0.2, -0.15) is 0 Å². The predicted molar refractivity (Wildman–Crippen MR) is 88.7 cm³/mol. The fraction of sp³-hybridized carbons (Fsp3) is 0.444. The van der Waals surface area contributed by atoms with Crippen molar-refractivity contribution in [3.63, 3.8) is 0 Å². The second-order valence-electron chi connectivity index (χ2n) is 5.92. The van der Waals surface area contributed by atoms with E-state index in [1.807, 2.05) is 0 Å². The van der Waals surface area contributed by atoms with Gasteiger partial charge in [0.05, 0.1) is 8.07 Å². The second-order valence-corrected chi connectivity index (χ2v) is 10.8. The monoisotopic (exact) mass is 270 g/mol. The van der Waals surface area contributed by atoms with Crippen LogP contribution >= 0.6 is 0 Å². The van der Waals surface area contributed by atoms with Gasteiger partial charge in [0.2, 0.25) is 0 Å². The van der Waals surface area contributed by atoms with Gasteiger partial charge in [-0.1, -0.05) is 84.2 Å². The van der Waals surface area contributed by atoms with Gasteiger partial charge in [-0.3, -0.25) is 0 Å². The molecule has 0 saturated carbocycles. The van der Waals surface area contributed by atoms with Crippen LogP contribution in [0.15, 0.2) is 53.1 Å². The molecule has 0 N–H and O–H groups in total. The van der Waals surface area contributed by atoms with Crippen molar-refractivity contribution in [3.05, 3.63) is 53.1 Å². The third-order valence-corrected chi connectivity index (χ3v) is 11.1. The van der Waals surface area contributed by atoms with E-state index in [0.717, 1.165) is 0 Å². The van der Waals surface area contributed by atoms with E-state index >= 15 is 0 Å². The van der Waals surface area contributed by atoms with E-state index in [-0.39, 0.29) is 0 Å². The molecule has 0 radical (unpaired) electrons. The minimum atomic E-state index is -1.48. The van der Waals surface area contributed by atoms with Crippen LogP contribution in [0.25, 0.3) is 0 Å². The van der Waals surface area contributed by atoms with E-state index in [4.69, 9.17) is 0 Å². The van der Waals surface area contributed by atoms with E-state index < -0.39 is 8.07 Å². The van der Waals surface area contributed by atoms with Crippen molar-refractivity contribution in [1.29, 1.82) is 0 Å². The molecule has 0 fully saturated rings. The molecule has 1 aromatic carbocycles. The van der Waals surface area contributed by atoms with Crippen molar-refractivity contribution in [2.75, 3.05) is 0 Å². The van der Waals surface area contributed by atoms with Gasteiger partial charge in [-0.15, -0.1) is 0 Å². The van der Waals surface area contributed by atoms with Crippen molar-refractivity contribution < 1.29 is 0 Å². The number of hydrogen-bond acceptors (Lipinski definition) is 0. The molecule has 1 aliphatic rings. The van der Waals surface area contributed by atoms with Gasteiger partial charge in [0, 0.05) is 5.54 Å². The van der Waals surface area contributed by atoms with Crippen molar-refractivity contribution >= 4 is 13.3 Å². The van der Waals surface area contributed by atoms with Crippen LogP contribution in [0.2, 0.25) is 17.6 Å². The van der Waals surface area contributed by atoms with Gasteiger partial charge >= 0.3 is 0 Å². The Morgan fingerprint density at radius 3 is 1.95 bits per heavy atom. The first-order chi connectivity index (χ1) is 9.06. The lowest BCUT2D eigenvalue weighted by molar-refractivity contribution is 1.03. The predicted octanol–water partition coefficient (Wildman–Crippen LogP) is 5.05. The van der Waals surface area contributed by atoms with Gasteiger partial charge in [0.1, 0.15) is 0 Å². The Hall–Kier alpha value is -1.08. The highest BCUT2D eigenvalue weighted by Gasteiger charge is 2.43. The molecule has 0 aromatic heterocycles. The Kier molecular flexibility index (Phi) is 4.15. The van der Waals surface area contributed by atoms with Gasteiger partial charge in [-0.25, -0.2) is 0 Å². The van der Waals surface area contributed by atoms with Crippen LogP contribution in [0.1, 0.15) is 34.6 Å². The molecule has 0 nitrogen and oxygen atoms in total. The van der Waals surface area contributed by atoms with Gasteiger partial charge < -0.3 is 0 Å². The first-order valence-electron chi connectivity index (χ1n) is 7.48. The smallest absolute Gasteiger partial charge is 0.0682 e. The van der Waals surface area contributed by atoms with Crippen LogP contribution in [0.4, 0.5) is 0 Å². The lowest BCUT2D eigenvalue weighted by atomic mass is 10.1. The SMILES string of the molecule is CC[Si](CC)(c1ccccc1)C1C(C)=CC(C)=C1C. The number of hydrogen-bond donors (Lipinski definition) is 0. The normalized spacial score (nSPS) is 19.8. The Bertz CT molecular complexity index is 504. The molecule has 1 heteroatoms. The summed E-state index contributed by atoms with van der Waals surface area (Å²) in [6, 6.07) is 14.0. The third-order valence-electron chi connectivity index (χ3n) is 5.12. The topological polar surface area (TPSA) is 0 Å². The summed E-state index contributed by atoms with van der Waals surface area (Å²) >= 11 is 0. The van der Waals surface area contributed by atoms with Crippen LogP contribution in [0.3, 0.4) is 0 Å². The lowest BCUT2D eigenvalue weighted by Gasteiger charge is -2.38. The second kappa shape index (κ2) is 5.50. The summed E-state index contributed by atoms with van der Waals surface area (Å²) in [5.41, 5.74) is 5.42. The summed E-state index contributed by atoms with van der Waals surface area (Å²) in [5, 5.41) is 1.63. The van der Waals surface area contributed by atoms with E-state index in [1.54, 1.807) is 16.3 Å². The minimum Gasteiger partial charge on any atom is -0.0682 e. The van der Waals surface area contributed by atoms with E-state index in [2.05, 4.69) is 71.0 Å². The van der Waals surface area contributed by atoms with Crippen LogP contribution in [0, 0.1) is 0 Å². The molecular weight excluding hydrogens is 244 g/mol. The summed E-state index contributed by atoms with van der Waals surface area (Å²) in [5.74, 6) is 0. The highest BCUT2D eigenvalue weighted by atomic mass is 28.3. The lowest BCUT2D eigenvalue weighted by Crippen LogP contribution is -2.51. The average Bonchev–Trinajstić information content (AvgIpc) is 2.69. The fourth-order valence-corrected chi connectivity index (χ4v) is 9.30. The molecule has 0 amide bonds. The first kappa shape index (κ1) is 14.3. The molecule has 1 unspecified atom stereocenters. The molecule has 1 atom stereocenters.